The summed E-state index contributed by atoms with van der Waals surface area (Å²) < 4.78 is 4.99. The first-order chi connectivity index (χ1) is 14.5. The van der Waals surface area contributed by atoms with Crippen molar-refractivity contribution in [2.24, 2.45) is 0 Å². The summed E-state index contributed by atoms with van der Waals surface area (Å²) in [4.78, 5) is 25.9. The Hall–Kier alpha value is -3.02. The molecule has 154 valence electrons. The van der Waals surface area contributed by atoms with E-state index in [9.17, 15) is 14.9 Å². The second-order valence-electron chi connectivity index (χ2n) is 6.38. The average molecular weight is 440 g/mol. The predicted molar refractivity (Wildman–Crippen MR) is 120 cm³/mol. The van der Waals surface area contributed by atoms with E-state index >= 15 is 0 Å². The number of para-hydroxylation sites is 1. The van der Waals surface area contributed by atoms with Crippen molar-refractivity contribution >= 4 is 40.7 Å². The number of carbonyl (C=O) groups is 2. The molecule has 6 nitrogen and oxygen atoms in total. The lowest BCUT2D eigenvalue weighted by atomic mass is 9.86. The maximum Gasteiger partial charge on any atom is 0.316 e. The van der Waals surface area contributed by atoms with Crippen LogP contribution < -0.4 is 10.6 Å². The highest BCUT2D eigenvalue weighted by molar-refractivity contribution is 8.03. The number of rotatable bonds is 7. The second kappa shape index (κ2) is 10.1. The van der Waals surface area contributed by atoms with E-state index in [0.29, 0.717) is 34.2 Å². The Kier molecular flexibility index (Phi) is 7.33. The first-order valence-electron chi connectivity index (χ1n) is 9.35. The third kappa shape index (κ3) is 4.93. The van der Waals surface area contributed by atoms with Gasteiger partial charge in [0.25, 0.3) is 5.91 Å². The maximum atomic E-state index is 13.2. The molecule has 1 atom stereocenters. The van der Waals surface area contributed by atoms with Crippen molar-refractivity contribution in [3.8, 4) is 6.07 Å². The molecule has 8 heteroatoms. The van der Waals surface area contributed by atoms with Crippen molar-refractivity contribution in [2.45, 2.75) is 19.8 Å². The minimum absolute atomic E-state index is 0.0807. The Balaban J connectivity index is 1.95. The van der Waals surface area contributed by atoms with Gasteiger partial charge in [-0.25, -0.2) is 0 Å². The summed E-state index contributed by atoms with van der Waals surface area (Å²) >= 11 is 2.70. The minimum atomic E-state index is -0.510. The fourth-order valence-electron chi connectivity index (χ4n) is 3.12. The first kappa shape index (κ1) is 21.7. The highest BCUT2D eigenvalue weighted by atomic mass is 32.2. The zero-order valence-electron chi connectivity index (χ0n) is 16.6. The molecule has 0 unspecified atom stereocenters. The number of hydrogen-bond acceptors (Lipinski definition) is 7. The van der Waals surface area contributed by atoms with E-state index in [0.717, 1.165) is 4.88 Å². The molecule has 0 spiro atoms. The number of nitrogens with zero attached hydrogens (tertiary/aromatic N) is 1. The van der Waals surface area contributed by atoms with Crippen molar-refractivity contribution < 1.29 is 14.3 Å². The molecule has 1 aliphatic heterocycles. The summed E-state index contributed by atoms with van der Waals surface area (Å²) in [7, 11) is 0. The number of carbonyl (C=O) groups excluding carboxylic acids is 2. The minimum Gasteiger partial charge on any atom is -0.465 e. The van der Waals surface area contributed by atoms with E-state index in [1.54, 1.807) is 13.8 Å². The Morgan fingerprint density at radius 1 is 1.27 bits per heavy atom. The molecule has 2 aromatic rings. The highest BCUT2D eigenvalue weighted by Crippen LogP contribution is 2.42. The molecule has 2 heterocycles. The van der Waals surface area contributed by atoms with Crippen molar-refractivity contribution in [1.82, 2.24) is 5.32 Å². The quantitative estimate of drug-likeness (QED) is 0.622. The van der Waals surface area contributed by atoms with Gasteiger partial charge in [0.1, 0.15) is 0 Å². The number of allylic oxidation sites excluding steroid dienone is 2. The fourth-order valence-corrected chi connectivity index (χ4v) is 4.85. The van der Waals surface area contributed by atoms with Crippen LogP contribution >= 0.6 is 23.1 Å². The number of thioether (sulfide) groups is 1. The zero-order chi connectivity index (χ0) is 21.5. The van der Waals surface area contributed by atoms with E-state index in [-0.39, 0.29) is 17.6 Å². The summed E-state index contributed by atoms with van der Waals surface area (Å²) in [5.74, 6) is -1.05. The van der Waals surface area contributed by atoms with Crippen LogP contribution in [-0.4, -0.2) is 24.2 Å². The van der Waals surface area contributed by atoms with Crippen LogP contribution in [0.25, 0.3) is 0 Å². The molecule has 0 radical (unpaired) electrons. The van der Waals surface area contributed by atoms with Gasteiger partial charge in [-0.1, -0.05) is 36.0 Å². The van der Waals surface area contributed by atoms with E-state index in [1.807, 2.05) is 47.8 Å². The van der Waals surface area contributed by atoms with Gasteiger partial charge in [0.2, 0.25) is 0 Å². The number of anilines is 1. The van der Waals surface area contributed by atoms with Crippen LogP contribution in [0.4, 0.5) is 5.69 Å². The van der Waals surface area contributed by atoms with Gasteiger partial charge in [-0.2, -0.15) is 5.26 Å². The van der Waals surface area contributed by atoms with Crippen molar-refractivity contribution in [3.05, 3.63) is 74.6 Å². The number of hydrogen-bond donors (Lipinski definition) is 2. The zero-order valence-corrected chi connectivity index (χ0v) is 18.2. The van der Waals surface area contributed by atoms with Gasteiger partial charge in [0.05, 0.1) is 34.9 Å². The number of dihydropyridines is 1. The van der Waals surface area contributed by atoms with E-state index in [2.05, 4.69) is 16.7 Å². The molecular formula is C22H21N3O3S2. The van der Waals surface area contributed by atoms with Crippen LogP contribution in [-0.2, 0) is 14.3 Å². The number of thiophene rings is 1. The lowest BCUT2D eigenvalue weighted by Crippen LogP contribution is -2.30. The molecule has 30 heavy (non-hydrogen) atoms. The molecule has 1 aliphatic rings. The number of amides is 1. The molecule has 3 rings (SSSR count). The van der Waals surface area contributed by atoms with Crippen LogP contribution in [0.5, 0.6) is 0 Å². The number of benzene rings is 1. The Bertz CT molecular complexity index is 1020. The Morgan fingerprint density at radius 2 is 2.03 bits per heavy atom. The number of nitriles is 1. The lowest BCUT2D eigenvalue weighted by Gasteiger charge is -2.29. The molecule has 2 N–H and O–H groups in total. The van der Waals surface area contributed by atoms with Crippen LogP contribution in [0.2, 0.25) is 0 Å². The number of esters is 1. The van der Waals surface area contributed by atoms with Gasteiger partial charge in [-0.05, 0) is 37.4 Å². The maximum absolute atomic E-state index is 13.2. The molecule has 1 aromatic heterocycles. The predicted octanol–water partition coefficient (Wildman–Crippen LogP) is 4.38. The molecule has 0 saturated heterocycles. The summed E-state index contributed by atoms with van der Waals surface area (Å²) in [6, 6.07) is 15.2. The summed E-state index contributed by atoms with van der Waals surface area (Å²) in [6.45, 7) is 3.86. The van der Waals surface area contributed by atoms with Crippen molar-refractivity contribution in [2.75, 3.05) is 17.7 Å². The van der Waals surface area contributed by atoms with Crippen LogP contribution in [0, 0.1) is 11.3 Å². The smallest absolute Gasteiger partial charge is 0.316 e. The van der Waals surface area contributed by atoms with E-state index < -0.39 is 5.92 Å². The van der Waals surface area contributed by atoms with Gasteiger partial charge < -0.3 is 15.4 Å². The molecule has 0 aliphatic carbocycles. The summed E-state index contributed by atoms with van der Waals surface area (Å²) in [5, 5.41) is 18.5. The van der Waals surface area contributed by atoms with Crippen molar-refractivity contribution in [1.29, 1.82) is 5.26 Å². The van der Waals surface area contributed by atoms with E-state index in [4.69, 9.17) is 4.74 Å². The first-order valence-corrected chi connectivity index (χ1v) is 11.2. The monoisotopic (exact) mass is 439 g/mol. The number of nitrogens with one attached hydrogen (secondary N) is 2. The van der Waals surface area contributed by atoms with Gasteiger partial charge in [0.15, 0.2) is 0 Å². The molecule has 1 aromatic carbocycles. The highest BCUT2D eigenvalue weighted by Gasteiger charge is 2.35. The van der Waals surface area contributed by atoms with Crippen molar-refractivity contribution in [3.63, 3.8) is 0 Å². The standard InChI is InChI=1S/C22H21N3O3S2/c1-3-28-18(26)13-30-22-16(12-23)20(17-10-7-11-29-17)19(14(2)24-22)21(27)25-15-8-5-4-6-9-15/h4-11,20,24H,3,13H2,1-2H3,(H,25,27)/t20-/m0/s1. The largest absolute Gasteiger partial charge is 0.465 e. The fraction of sp³-hybridized carbons (Fsp3) is 0.227. The Morgan fingerprint density at radius 3 is 2.67 bits per heavy atom. The van der Waals surface area contributed by atoms with Crippen LogP contribution in [0.15, 0.2) is 69.7 Å². The second-order valence-corrected chi connectivity index (χ2v) is 8.35. The lowest BCUT2D eigenvalue weighted by molar-refractivity contribution is -0.139. The summed E-state index contributed by atoms with van der Waals surface area (Å²) in [5.41, 5.74) is 2.22. The van der Waals surface area contributed by atoms with Gasteiger partial charge >= 0.3 is 5.97 Å². The molecule has 0 fully saturated rings. The molecule has 0 bridgehead atoms. The SMILES string of the molecule is CCOC(=O)CSC1=C(C#N)[C@@H](c2cccs2)C(C(=O)Nc2ccccc2)=C(C)N1. The topological polar surface area (TPSA) is 91.2 Å². The normalized spacial score (nSPS) is 16.0. The molecular weight excluding hydrogens is 418 g/mol. The summed E-state index contributed by atoms with van der Waals surface area (Å²) in [6.07, 6.45) is 0. The van der Waals surface area contributed by atoms with Gasteiger partial charge in [-0.15, -0.1) is 11.3 Å². The third-order valence-electron chi connectivity index (χ3n) is 4.39. The van der Waals surface area contributed by atoms with Crippen LogP contribution in [0.1, 0.15) is 24.6 Å². The number of ether oxygens (including phenoxy) is 1. The van der Waals surface area contributed by atoms with Gasteiger partial charge in [0, 0.05) is 21.8 Å². The van der Waals surface area contributed by atoms with Gasteiger partial charge in [-0.3, -0.25) is 9.59 Å². The molecule has 0 saturated carbocycles. The average Bonchev–Trinajstić information content (AvgIpc) is 3.27. The molecule has 1 amide bonds. The van der Waals surface area contributed by atoms with Crippen LogP contribution in [0.3, 0.4) is 0 Å². The third-order valence-corrected chi connectivity index (χ3v) is 6.32. The Labute approximate surface area is 183 Å². The van der Waals surface area contributed by atoms with E-state index in [1.165, 1.54) is 23.1 Å².